The van der Waals surface area contributed by atoms with Gasteiger partial charge in [0.1, 0.15) is 11.5 Å². The Morgan fingerprint density at radius 1 is 0.793 bits per heavy atom. The number of para-hydroxylation sites is 1. The van der Waals surface area contributed by atoms with Crippen LogP contribution in [0.15, 0.2) is 77.7 Å². The SMILES string of the molecule is O=c1cc(Oc2ccccc2)ccn1CCc1ccc(CN2CCCCC2)cc1. The van der Waals surface area contributed by atoms with Crippen LogP contribution in [0.4, 0.5) is 0 Å². The molecule has 29 heavy (non-hydrogen) atoms. The smallest absolute Gasteiger partial charge is 0.254 e. The van der Waals surface area contributed by atoms with Gasteiger partial charge in [-0.25, -0.2) is 0 Å². The highest BCUT2D eigenvalue weighted by atomic mass is 16.5. The minimum Gasteiger partial charge on any atom is -0.457 e. The van der Waals surface area contributed by atoms with Gasteiger partial charge in [0, 0.05) is 25.4 Å². The lowest BCUT2D eigenvalue weighted by Gasteiger charge is -2.26. The quantitative estimate of drug-likeness (QED) is 0.579. The maximum atomic E-state index is 12.4. The highest BCUT2D eigenvalue weighted by Gasteiger charge is 2.10. The second kappa shape index (κ2) is 9.57. The van der Waals surface area contributed by atoms with Crippen LogP contribution < -0.4 is 10.3 Å². The Morgan fingerprint density at radius 2 is 1.52 bits per heavy atom. The number of ether oxygens (including phenoxy) is 1. The van der Waals surface area contributed by atoms with Crippen LogP contribution in [0.1, 0.15) is 30.4 Å². The van der Waals surface area contributed by atoms with E-state index in [4.69, 9.17) is 4.74 Å². The third kappa shape index (κ3) is 5.58. The van der Waals surface area contributed by atoms with E-state index in [1.807, 2.05) is 42.6 Å². The molecule has 0 N–H and O–H groups in total. The van der Waals surface area contributed by atoms with Gasteiger partial charge in [-0.05, 0) is 61.7 Å². The lowest BCUT2D eigenvalue weighted by molar-refractivity contribution is 0.221. The fraction of sp³-hybridized carbons (Fsp3) is 0.320. The first-order valence-electron chi connectivity index (χ1n) is 10.5. The summed E-state index contributed by atoms with van der Waals surface area (Å²) in [7, 11) is 0. The van der Waals surface area contributed by atoms with Gasteiger partial charge in [-0.2, -0.15) is 0 Å². The average Bonchev–Trinajstić information content (AvgIpc) is 2.76. The molecule has 0 amide bonds. The van der Waals surface area contributed by atoms with Crippen LogP contribution >= 0.6 is 0 Å². The lowest BCUT2D eigenvalue weighted by Crippen LogP contribution is -2.29. The van der Waals surface area contributed by atoms with Crippen molar-refractivity contribution in [1.29, 1.82) is 0 Å². The molecule has 0 atom stereocenters. The van der Waals surface area contributed by atoms with E-state index >= 15 is 0 Å². The molecule has 1 fully saturated rings. The van der Waals surface area contributed by atoms with Gasteiger partial charge in [-0.1, -0.05) is 48.9 Å². The number of benzene rings is 2. The Balaban J connectivity index is 1.32. The molecule has 3 aromatic rings. The molecular formula is C25H28N2O2. The molecule has 0 spiro atoms. The van der Waals surface area contributed by atoms with Crippen molar-refractivity contribution in [3.8, 4) is 11.5 Å². The molecule has 150 valence electrons. The van der Waals surface area contributed by atoms with Gasteiger partial charge >= 0.3 is 0 Å². The number of likely N-dealkylation sites (tertiary alicyclic amines) is 1. The first kappa shape index (κ1) is 19.5. The molecule has 4 heteroatoms. The summed E-state index contributed by atoms with van der Waals surface area (Å²) in [6.45, 7) is 4.14. The zero-order valence-corrected chi connectivity index (χ0v) is 16.8. The second-order valence-corrected chi connectivity index (χ2v) is 7.71. The Hall–Kier alpha value is -2.85. The van der Waals surface area contributed by atoms with Gasteiger partial charge in [0.25, 0.3) is 5.56 Å². The van der Waals surface area contributed by atoms with Crippen LogP contribution in [0.3, 0.4) is 0 Å². The number of aromatic nitrogens is 1. The van der Waals surface area contributed by atoms with Crippen LogP contribution in [-0.4, -0.2) is 22.6 Å². The van der Waals surface area contributed by atoms with E-state index < -0.39 is 0 Å². The van der Waals surface area contributed by atoms with Crippen LogP contribution in [0, 0.1) is 0 Å². The molecule has 0 bridgehead atoms. The molecule has 0 aliphatic carbocycles. The number of piperidine rings is 1. The first-order valence-corrected chi connectivity index (χ1v) is 10.5. The number of pyridine rings is 1. The fourth-order valence-corrected chi connectivity index (χ4v) is 3.80. The van der Waals surface area contributed by atoms with E-state index in [-0.39, 0.29) is 5.56 Å². The summed E-state index contributed by atoms with van der Waals surface area (Å²) < 4.78 is 7.47. The third-order valence-electron chi connectivity index (χ3n) is 5.47. The molecule has 4 nitrogen and oxygen atoms in total. The molecule has 0 saturated carbocycles. The summed E-state index contributed by atoms with van der Waals surface area (Å²) in [5.41, 5.74) is 2.58. The maximum absolute atomic E-state index is 12.4. The molecule has 2 aromatic carbocycles. The van der Waals surface area contributed by atoms with Crippen LogP contribution in [0.2, 0.25) is 0 Å². The topological polar surface area (TPSA) is 34.5 Å². The zero-order chi connectivity index (χ0) is 19.9. The molecule has 1 saturated heterocycles. The van der Waals surface area contributed by atoms with E-state index in [1.54, 1.807) is 10.6 Å². The zero-order valence-electron chi connectivity index (χ0n) is 16.8. The largest absolute Gasteiger partial charge is 0.457 e. The van der Waals surface area contributed by atoms with Gasteiger partial charge in [-0.15, -0.1) is 0 Å². The minimum atomic E-state index is -0.0415. The lowest BCUT2D eigenvalue weighted by atomic mass is 10.1. The molecule has 0 unspecified atom stereocenters. The van der Waals surface area contributed by atoms with E-state index in [2.05, 4.69) is 29.2 Å². The summed E-state index contributed by atoms with van der Waals surface area (Å²) in [6.07, 6.45) is 6.66. The second-order valence-electron chi connectivity index (χ2n) is 7.71. The van der Waals surface area contributed by atoms with Crippen LogP contribution in [0.5, 0.6) is 11.5 Å². The van der Waals surface area contributed by atoms with E-state index in [1.165, 1.54) is 43.5 Å². The fourth-order valence-electron chi connectivity index (χ4n) is 3.80. The average molecular weight is 389 g/mol. The maximum Gasteiger partial charge on any atom is 0.254 e. The molecule has 1 aliphatic rings. The van der Waals surface area contributed by atoms with Crippen molar-refractivity contribution in [2.24, 2.45) is 0 Å². The molecule has 4 rings (SSSR count). The number of rotatable bonds is 7. The van der Waals surface area contributed by atoms with Crippen molar-refractivity contribution in [3.63, 3.8) is 0 Å². The Labute approximate surface area is 172 Å². The van der Waals surface area contributed by atoms with E-state index in [9.17, 15) is 4.79 Å². The van der Waals surface area contributed by atoms with Gasteiger partial charge in [-0.3, -0.25) is 9.69 Å². The molecule has 1 aliphatic heterocycles. The third-order valence-corrected chi connectivity index (χ3v) is 5.47. The molecule has 0 radical (unpaired) electrons. The number of nitrogens with zero attached hydrogens (tertiary/aromatic N) is 2. The van der Waals surface area contributed by atoms with Gasteiger partial charge in [0.15, 0.2) is 0 Å². The van der Waals surface area contributed by atoms with E-state index in [0.717, 1.165) is 18.7 Å². The number of hydrogen-bond acceptors (Lipinski definition) is 3. The van der Waals surface area contributed by atoms with Crippen molar-refractivity contribution in [1.82, 2.24) is 9.47 Å². The predicted molar refractivity (Wildman–Crippen MR) is 116 cm³/mol. The van der Waals surface area contributed by atoms with Crippen molar-refractivity contribution in [3.05, 3.63) is 94.4 Å². The van der Waals surface area contributed by atoms with Crippen molar-refractivity contribution >= 4 is 0 Å². The highest BCUT2D eigenvalue weighted by molar-refractivity contribution is 5.29. The summed E-state index contributed by atoms with van der Waals surface area (Å²) >= 11 is 0. The number of aryl methyl sites for hydroxylation is 2. The van der Waals surface area contributed by atoms with Crippen molar-refractivity contribution in [2.75, 3.05) is 13.1 Å². The van der Waals surface area contributed by atoms with Crippen molar-refractivity contribution < 1.29 is 4.74 Å². The van der Waals surface area contributed by atoms with Gasteiger partial charge in [0.2, 0.25) is 0 Å². The summed E-state index contributed by atoms with van der Waals surface area (Å²) in [4.78, 5) is 14.9. The van der Waals surface area contributed by atoms with Gasteiger partial charge in [0.05, 0.1) is 0 Å². The van der Waals surface area contributed by atoms with E-state index in [0.29, 0.717) is 12.3 Å². The Bertz CT molecular complexity index is 958. The molecule has 2 heterocycles. The minimum absolute atomic E-state index is 0.0415. The summed E-state index contributed by atoms with van der Waals surface area (Å²) in [5, 5.41) is 0. The molecule has 1 aromatic heterocycles. The Kier molecular flexibility index (Phi) is 6.42. The monoisotopic (exact) mass is 388 g/mol. The van der Waals surface area contributed by atoms with Crippen molar-refractivity contribution in [2.45, 2.75) is 38.8 Å². The summed E-state index contributed by atoms with van der Waals surface area (Å²) in [5.74, 6) is 1.30. The predicted octanol–water partition coefficient (Wildman–Crippen LogP) is 4.87. The normalized spacial score (nSPS) is 14.6. The number of hydrogen-bond donors (Lipinski definition) is 0. The Morgan fingerprint density at radius 3 is 2.24 bits per heavy atom. The highest BCUT2D eigenvalue weighted by Crippen LogP contribution is 2.19. The standard InChI is InChI=1S/C25H28N2O2/c28-25-19-24(29-23-7-3-1-4-8-23)14-18-27(25)17-13-21-9-11-22(12-10-21)20-26-15-5-2-6-16-26/h1,3-4,7-12,14,18-19H,2,5-6,13,15-17,20H2. The summed E-state index contributed by atoms with van der Waals surface area (Å²) in [6, 6.07) is 21.7. The molecular weight excluding hydrogens is 360 g/mol. The van der Waals surface area contributed by atoms with Crippen LogP contribution in [-0.2, 0) is 19.5 Å². The van der Waals surface area contributed by atoms with Crippen LogP contribution in [0.25, 0.3) is 0 Å². The van der Waals surface area contributed by atoms with Gasteiger partial charge < -0.3 is 9.30 Å². The first-order chi connectivity index (χ1) is 14.3.